The first-order valence-corrected chi connectivity index (χ1v) is 13.6. The molecule has 0 saturated carbocycles. The van der Waals surface area contributed by atoms with E-state index >= 15 is 0 Å². The molecule has 45 heavy (non-hydrogen) atoms. The van der Waals surface area contributed by atoms with Crippen molar-refractivity contribution in [3.63, 3.8) is 0 Å². The molecule has 7 heteroatoms. The number of ether oxygens (including phenoxy) is 3. The maximum absolute atomic E-state index is 13.1. The zero-order valence-electron chi connectivity index (χ0n) is 24.7. The summed E-state index contributed by atoms with van der Waals surface area (Å²) in [6.45, 7) is 13.7. The molecule has 7 nitrogen and oxygen atoms in total. The molecule has 0 radical (unpaired) electrons. The van der Waals surface area contributed by atoms with Gasteiger partial charge in [0.15, 0.2) is 5.78 Å². The lowest BCUT2D eigenvalue weighted by Gasteiger charge is -2.12. The van der Waals surface area contributed by atoms with Crippen LogP contribution in [-0.2, 0) is 14.4 Å². The summed E-state index contributed by atoms with van der Waals surface area (Å²) in [5.74, 6) is 5.15. The number of rotatable bonds is 9. The van der Waals surface area contributed by atoms with Gasteiger partial charge in [0.2, 0.25) is 0 Å². The fourth-order valence-electron chi connectivity index (χ4n) is 3.85. The van der Waals surface area contributed by atoms with Gasteiger partial charge in [0, 0.05) is 45.0 Å². The molecule has 0 aliphatic carbocycles. The molecule has 0 spiro atoms. The first-order valence-electron chi connectivity index (χ1n) is 13.6. The quantitative estimate of drug-likeness (QED) is 0.0672. The summed E-state index contributed by atoms with van der Waals surface area (Å²) in [5.41, 5.74) is 3.97. The van der Waals surface area contributed by atoms with E-state index in [9.17, 15) is 19.2 Å². The molecule has 4 rings (SSSR count). The molecule has 0 heterocycles. The van der Waals surface area contributed by atoms with E-state index in [2.05, 4.69) is 31.6 Å². The van der Waals surface area contributed by atoms with Crippen LogP contribution in [0.25, 0.3) is 11.1 Å². The molecule has 0 fully saturated rings. The predicted molar refractivity (Wildman–Crippen MR) is 171 cm³/mol. The second kappa shape index (κ2) is 14.3. The highest BCUT2D eigenvalue weighted by atomic mass is 16.5. The van der Waals surface area contributed by atoms with Crippen LogP contribution in [0.1, 0.15) is 40.9 Å². The number of carbonyl (C=O) groups is 4. The minimum Gasteiger partial charge on any atom is -0.423 e. The van der Waals surface area contributed by atoms with Gasteiger partial charge in [-0.1, -0.05) is 55.8 Å². The zero-order valence-corrected chi connectivity index (χ0v) is 24.7. The van der Waals surface area contributed by atoms with E-state index in [1.54, 1.807) is 105 Å². The maximum Gasteiger partial charge on any atom is 0.338 e. The van der Waals surface area contributed by atoms with E-state index in [1.165, 1.54) is 0 Å². The summed E-state index contributed by atoms with van der Waals surface area (Å²) in [7, 11) is 0. The minimum absolute atomic E-state index is 0.217. The van der Waals surface area contributed by atoms with Gasteiger partial charge in [-0.05, 0) is 86.1 Å². The lowest BCUT2D eigenvalue weighted by atomic mass is 9.98. The third kappa shape index (κ3) is 8.40. The van der Waals surface area contributed by atoms with Crippen molar-refractivity contribution < 1.29 is 33.4 Å². The third-order valence-corrected chi connectivity index (χ3v) is 6.26. The Balaban J connectivity index is 1.56. The Hall–Kier alpha value is -6.26. The van der Waals surface area contributed by atoms with Crippen LogP contribution in [0.2, 0.25) is 0 Å². The number of hydrogen-bond donors (Lipinski definition) is 0. The SMILES string of the molecule is C=CC(=O)Oc1ccc(C#Cc2ccc(-c3ccc(C(=O)c4ccc(OC(=O)C(=C)C)cc4)cc3)c(OC(=O)C(=C)C)c2)cc1. The van der Waals surface area contributed by atoms with Gasteiger partial charge in [-0.2, -0.15) is 0 Å². The Kier molecular flexibility index (Phi) is 10.0. The zero-order chi connectivity index (χ0) is 32.5. The summed E-state index contributed by atoms with van der Waals surface area (Å²) in [6.07, 6.45) is 1.08. The number of ketones is 1. The molecule has 0 bridgehead atoms. The molecule has 0 aromatic heterocycles. The summed E-state index contributed by atoms with van der Waals surface area (Å²) < 4.78 is 15.9. The second-order valence-corrected chi connectivity index (χ2v) is 9.88. The normalized spacial score (nSPS) is 10.0. The standard InChI is InChI=1S/C38H28O7/c1-6-35(39)43-31-18-9-26(10-19-31)7-8-27-11-22-33(34(23-27)45-38(42)25(4)5)28-12-14-29(15-13-28)36(40)30-16-20-32(21-17-30)44-37(41)24(2)3/h6,9-23H,1-2,4H2,3,5H3. The van der Waals surface area contributed by atoms with Crippen LogP contribution in [0.3, 0.4) is 0 Å². The van der Waals surface area contributed by atoms with Crippen LogP contribution >= 0.6 is 0 Å². The van der Waals surface area contributed by atoms with Gasteiger partial charge < -0.3 is 14.2 Å². The van der Waals surface area contributed by atoms with Crippen LogP contribution in [0.4, 0.5) is 0 Å². The molecule has 4 aromatic rings. The van der Waals surface area contributed by atoms with Crippen molar-refractivity contribution >= 4 is 23.7 Å². The average molecular weight is 597 g/mol. The van der Waals surface area contributed by atoms with Gasteiger partial charge in [0.1, 0.15) is 17.2 Å². The maximum atomic E-state index is 13.1. The predicted octanol–water partition coefficient (Wildman–Crippen LogP) is 7.04. The van der Waals surface area contributed by atoms with Crippen LogP contribution < -0.4 is 14.2 Å². The summed E-state index contributed by atoms with van der Waals surface area (Å²) in [6, 6.07) is 25.0. The average Bonchev–Trinajstić information content (AvgIpc) is 3.04. The molecule has 0 aliphatic rings. The molecule has 222 valence electrons. The Morgan fingerprint density at radius 3 is 1.69 bits per heavy atom. The van der Waals surface area contributed by atoms with E-state index in [1.807, 2.05) is 0 Å². The smallest absolute Gasteiger partial charge is 0.338 e. The van der Waals surface area contributed by atoms with Gasteiger partial charge in [0.25, 0.3) is 0 Å². The fraction of sp³-hybridized carbons (Fsp3) is 0.0526. The van der Waals surface area contributed by atoms with Crippen molar-refractivity contribution in [2.75, 3.05) is 0 Å². The molecular formula is C38H28O7. The minimum atomic E-state index is -0.588. The molecule has 0 saturated heterocycles. The van der Waals surface area contributed by atoms with Crippen LogP contribution in [0, 0.1) is 11.8 Å². The van der Waals surface area contributed by atoms with Crippen molar-refractivity contribution in [1.82, 2.24) is 0 Å². The fourth-order valence-corrected chi connectivity index (χ4v) is 3.85. The highest BCUT2D eigenvalue weighted by Gasteiger charge is 2.15. The summed E-state index contributed by atoms with van der Waals surface area (Å²) in [4.78, 5) is 48.7. The van der Waals surface area contributed by atoms with Crippen LogP contribution in [-0.4, -0.2) is 23.7 Å². The van der Waals surface area contributed by atoms with Gasteiger partial charge in [-0.3, -0.25) is 4.79 Å². The van der Waals surface area contributed by atoms with E-state index in [0.717, 1.165) is 6.08 Å². The molecule has 0 aliphatic heterocycles. The molecule has 0 unspecified atom stereocenters. The van der Waals surface area contributed by atoms with Gasteiger partial charge in [-0.25, -0.2) is 14.4 Å². The topological polar surface area (TPSA) is 96.0 Å². The molecule has 0 N–H and O–H groups in total. The Labute approximate surface area is 261 Å². The van der Waals surface area contributed by atoms with E-state index in [4.69, 9.17) is 14.2 Å². The largest absolute Gasteiger partial charge is 0.423 e. The van der Waals surface area contributed by atoms with Crippen LogP contribution in [0.15, 0.2) is 128 Å². The summed E-state index contributed by atoms with van der Waals surface area (Å²) in [5, 5.41) is 0. The van der Waals surface area contributed by atoms with Gasteiger partial charge >= 0.3 is 17.9 Å². The van der Waals surface area contributed by atoms with E-state index in [0.29, 0.717) is 44.9 Å². The third-order valence-electron chi connectivity index (χ3n) is 6.26. The van der Waals surface area contributed by atoms with Gasteiger partial charge in [-0.15, -0.1) is 0 Å². The number of esters is 3. The number of hydrogen-bond acceptors (Lipinski definition) is 7. The van der Waals surface area contributed by atoms with Crippen molar-refractivity contribution in [3.8, 4) is 40.2 Å². The first kappa shape index (κ1) is 31.7. The van der Waals surface area contributed by atoms with E-state index < -0.39 is 17.9 Å². The highest BCUT2D eigenvalue weighted by molar-refractivity contribution is 6.09. The molecule has 0 amide bonds. The Bertz CT molecular complexity index is 1880. The number of benzene rings is 4. The first-order chi connectivity index (χ1) is 21.5. The van der Waals surface area contributed by atoms with Crippen molar-refractivity contribution in [3.05, 3.63) is 150 Å². The van der Waals surface area contributed by atoms with Gasteiger partial charge in [0.05, 0.1) is 0 Å². The number of carbonyl (C=O) groups excluding carboxylic acids is 4. The van der Waals surface area contributed by atoms with E-state index in [-0.39, 0.29) is 22.7 Å². The van der Waals surface area contributed by atoms with Crippen molar-refractivity contribution in [2.45, 2.75) is 13.8 Å². The molecular weight excluding hydrogens is 568 g/mol. The molecule has 4 aromatic carbocycles. The highest BCUT2D eigenvalue weighted by Crippen LogP contribution is 2.32. The second-order valence-electron chi connectivity index (χ2n) is 9.88. The summed E-state index contributed by atoms with van der Waals surface area (Å²) >= 11 is 0. The van der Waals surface area contributed by atoms with Crippen molar-refractivity contribution in [1.29, 1.82) is 0 Å². The Morgan fingerprint density at radius 1 is 0.622 bits per heavy atom. The monoisotopic (exact) mass is 596 g/mol. The Morgan fingerprint density at radius 2 is 1.11 bits per heavy atom. The lowest BCUT2D eigenvalue weighted by Crippen LogP contribution is -2.09. The molecule has 0 atom stereocenters. The van der Waals surface area contributed by atoms with Crippen molar-refractivity contribution in [2.24, 2.45) is 0 Å². The van der Waals surface area contributed by atoms with Crippen LogP contribution in [0.5, 0.6) is 17.2 Å². The lowest BCUT2D eigenvalue weighted by molar-refractivity contribution is -0.130.